The summed E-state index contributed by atoms with van der Waals surface area (Å²) in [6.45, 7) is 3.78. The quantitative estimate of drug-likeness (QED) is 0.763. The van der Waals surface area contributed by atoms with Crippen LogP contribution in [-0.4, -0.2) is 36.9 Å². The molecule has 0 aliphatic carbocycles. The van der Waals surface area contributed by atoms with Gasteiger partial charge in [0.15, 0.2) is 18.1 Å². The average molecular weight is 347 g/mol. The van der Waals surface area contributed by atoms with Crippen LogP contribution in [0.2, 0.25) is 0 Å². The molecule has 0 heterocycles. The van der Waals surface area contributed by atoms with E-state index in [-0.39, 0.29) is 30.3 Å². The van der Waals surface area contributed by atoms with Crippen LogP contribution in [0.3, 0.4) is 0 Å². The van der Waals surface area contributed by atoms with E-state index in [9.17, 15) is 9.59 Å². The van der Waals surface area contributed by atoms with Crippen molar-refractivity contribution in [1.82, 2.24) is 0 Å². The number of aromatic carboxylic acids is 1. The lowest BCUT2D eigenvalue weighted by Gasteiger charge is -2.14. The number of carboxylic acid groups (broad SMARTS) is 1. The Balaban J connectivity index is 2.98. The maximum atomic E-state index is 11.3. The molecule has 0 spiro atoms. The zero-order valence-corrected chi connectivity index (χ0v) is 12.7. The molecule has 0 aromatic heterocycles. The van der Waals surface area contributed by atoms with Crippen molar-refractivity contribution in [2.75, 3.05) is 19.8 Å². The normalized spacial score (nSPS) is 9.95. The maximum absolute atomic E-state index is 11.3. The molecule has 0 aliphatic heterocycles. The molecule has 1 rings (SSSR count). The highest BCUT2D eigenvalue weighted by atomic mass is 79.9. The van der Waals surface area contributed by atoms with Gasteiger partial charge in [0.05, 0.1) is 23.2 Å². The molecule has 6 nitrogen and oxygen atoms in total. The second kappa shape index (κ2) is 7.74. The van der Waals surface area contributed by atoms with E-state index in [0.717, 1.165) is 0 Å². The molecule has 0 aliphatic rings. The Kier molecular flexibility index (Phi) is 6.30. The van der Waals surface area contributed by atoms with E-state index in [1.807, 2.05) is 0 Å². The number of carbonyl (C=O) groups is 2. The van der Waals surface area contributed by atoms with Crippen molar-refractivity contribution in [3.05, 3.63) is 22.2 Å². The largest absolute Gasteiger partial charge is 0.490 e. The standard InChI is InChI=1S/C13H15BrO6/c1-3-18-10-6-8(13(16)17)5-9(14)12(10)20-7-11(15)19-4-2/h5-6H,3-4,7H2,1-2H3,(H,16,17). The van der Waals surface area contributed by atoms with E-state index in [4.69, 9.17) is 19.3 Å². The average Bonchev–Trinajstić information content (AvgIpc) is 2.38. The van der Waals surface area contributed by atoms with Crippen LogP contribution in [0.25, 0.3) is 0 Å². The molecule has 110 valence electrons. The maximum Gasteiger partial charge on any atom is 0.344 e. The summed E-state index contributed by atoms with van der Waals surface area (Å²) in [6.07, 6.45) is 0. The molecule has 1 aromatic rings. The van der Waals surface area contributed by atoms with E-state index in [2.05, 4.69) is 15.9 Å². The molecule has 1 aromatic carbocycles. The summed E-state index contributed by atoms with van der Waals surface area (Å²) in [6, 6.07) is 2.72. The summed E-state index contributed by atoms with van der Waals surface area (Å²) in [7, 11) is 0. The van der Waals surface area contributed by atoms with Gasteiger partial charge in [-0.1, -0.05) is 0 Å². The molecule has 0 unspecified atom stereocenters. The molecule has 0 bridgehead atoms. The molecule has 0 atom stereocenters. The van der Waals surface area contributed by atoms with Gasteiger partial charge in [-0.15, -0.1) is 0 Å². The first-order chi connectivity index (χ1) is 9.49. The lowest BCUT2D eigenvalue weighted by atomic mass is 10.2. The van der Waals surface area contributed by atoms with Gasteiger partial charge in [0.2, 0.25) is 0 Å². The third-order valence-electron chi connectivity index (χ3n) is 2.20. The molecule has 0 saturated heterocycles. The van der Waals surface area contributed by atoms with Crippen molar-refractivity contribution < 1.29 is 28.9 Å². The molecule has 0 saturated carbocycles. The third kappa shape index (κ3) is 4.41. The third-order valence-corrected chi connectivity index (χ3v) is 2.79. The number of ether oxygens (including phenoxy) is 3. The van der Waals surface area contributed by atoms with Gasteiger partial charge in [-0.2, -0.15) is 0 Å². The van der Waals surface area contributed by atoms with Crippen molar-refractivity contribution in [2.45, 2.75) is 13.8 Å². The van der Waals surface area contributed by atoms with Gasteiger partial charge < -0.3 is 19.3 Å². The summed E-state index contributed by atoms with van der Waals surface area (Å²) in [5.41, 5.74) is 0.0591. The second-order valence-corrected chi connectivity index (χ2v) is 4.47. The number of hydrogen-bond acceptors (Lipinski definition) is 5. The van der Waals surface area contributed by atoms with Crippen molar-refractivity contribution in [1.29, 1.82) is 0 Å². The fourth-order valence-corrected chi connectivity index (χ4v) is 1.98. The van der Waals surface area contributed by atoms with E-state index < -0.39 is 11.9 Å². The molecule has 1 N–H and O–H groups in total. The molecular weight excluding hydrogens is 332 g/mol. The predicted octanol–water partition coefficient (Wildman–Crippen LogP) is 2.49. The molecule has 20 heavy (non-hydrogen) atoms. The van der Waals surface area contributed by atoms with E-state index in [1.54, 1.807) is 13.8 Å². The Morgan fingerprint density at radius 2 is 1.90 bits per heavy atom. The minimum atomic E-state index is -1.08. The minimum Gasteiger partial charge on any atom is -0.490 e. The first kappa shape index (κ1) is 16.3. The summed E-state index contributed by atoms with van der Waals surface area (Å²) >= 11 is 3.20. The smallest absolute Gasteiger partial charge is 0.344 e. The number of carbonyl (C=O) groups excluding carboxylic acids is 1. The Morgan fingerprint density at radius 3 is 2.45 bits per heavy atom. The summed E-state index contributed by atoms with van der Waals surface area (Å²) in [4.78, 5) is 22.3. The van der Waals surface area contributed by atoms with Gasteiger partial charge in [0.1, 0.15) is 0 Å². The second-order valence-electron chi connectivity index (χ2n) is 3.62. The highest BCUT2D eigenvalue weighted by Gasteiger charge is 2.16. The fraction of sp³-hybridized carbons (Fsp3) is 0.385. The Bertz CT molecular complexity index is 500. The van der Waals surface area contributed by atoms with Crippen molar-refractivity contribution in [3.8, 4) is 11.5 Å². The van der Waals surface area contributed by atoms with E-state index >= 15 is 0 Å². The summed E-state index contributed by atoms with van der Waals surface area (Å²) < 4.78 is 15.8. The van der Waals surface area contributed by atoms with Crippen LogP contribution in [0.5, 0.6) is 11.5 Å². The molecular formula is C13H15BrO6. The minimum absolute atomic E-state index is 0.0591. The van der Waals surface area contributed by atoms with Gasteiger partial charge in [-0.25, -0.2) is 9.59 Å². The first-order valence-corrected chi connectivity index (χ1v) is 6.76. The number of esters is 1. The topological polar surface area (TPSA) is 82.1 Å². The number of benzene rings is 1. The SMILES string of the molecule is CCOC(=O)COc1c(Br)cc(C(=O)O)cc1OCC. The monoisotopic (exact) mass is 346 g/mol. The number of rotatable bonds is 7. The first-order valence-electron chi connectivity index (χ1n) is 5.97. The molecule has 7 heteroatoms. The predicted molar refractivity (Wildman–Crippen MR) is 74.4 cm³/mol. The molecule has 0 radical (unpaired) electrons. The zero-order valence-electron chi connectivity index (χ0n) is 11.1. The Labute approximate surface area is 124 Å². The fourth-order valence-electron chi connectivity index (χ4n) is 1.43. The van der Waals surface area contributed by atoms with Crippen LogP contribution in [-0.2, 0) is 9.53 Å². The number of carboxylic acids is 1. The molecule has 0 amide bonds. The highest BCUT2D eigenvalue weighted by molar-refractivity contribution is 9.10. The van der Waals surface area contributed by atoms with E-state index in [1.165, 1.54) is 12.1 Å². The number of hydrogen-bond donors (Lipinski definition) is 1. The van der Waals surface area contributed by atoms with Gasteiger partial charge in [0.25, 0.3) is 0 Å². The van der Waals surface area contributed by atoms with Crippen LogP contribution in [0.4, 0.5) is 0 Å². The van der Waals surface area contributed by atoms with Crippen LogP contribution in [0.1, 0.15) is 24.2 Å². The van der Waals surface area contributed by atoms with Gasteiger partial charge in [0, 0.05) is 0 Å². The van der Waals surface area contributed by atoms with Crippen molar-refractivity contribution in [3.63, 3.8) is 0 Å². The highest BCUT2D eigenvalue weighted by Crippen LogP contribution is 2.37. The van der Waals surface area contributed by atoms with Crippen LogP contribution in [0.15, 0.2) is 16.6 Å². The van der Waals surface area contributed by atoms with E-state index in [0.29, 0.717) is 11.1 Å². The van der Waals surface area contributed by atoms with Gasteiger partial charge in [-0.05, 0) is 41.9 Å². The van der Waals surface area contributed by atoms with Crippen LogP contribution in [0, 0.1) is 0 Å². The zero-order chi connectivity index (χ0) is 15.1. The van der Waals surface area contributed by atoms with Crippen molar-refractivity contribution >= 4 is 27.9 Å². The Hall–Kier alpha value is -1.76. The number of halogens is 1. The Morgan fingerprint density at radius 1 is 1.20 bits per heavy atom. The van der Waals surface area contributed by atoms with Crippen LogP contribution >= 0.6 is 15.9 Å². The van der Waals surface area contributed by atoms with Crippen molar-refractivity contribution in [2.24, 2.45) is 0 Å². The van der Waals surface area contributed by atoms with Gasteiger partial charge >= 0.3 is 11.9 Å². The van der Waals surface area contributed by atoms with Crippen LogP contribution < -0.4 is 9.47 Å². The molecule has 0 fully saturated rings. The summed E-state index contributed by atoms with van der Waals surface area (Å²) in [5.74, 6) is -1.07. The lowest BCUT2D eigenvalue weighted by Crippen LogP contribution is -2.15. The lowest BCUT2D eigenvalue weighted by molar-refractivity contribution is -0.145. The van der Waals surface area contributed by atoms with Gasteiger partial charge in [-0.3, -0.25) is 0 Å². The summed E-state index contributed by atoms with van der Waals surface area (Å²) in [5, 5.41) is 8.99.